The van der Waals surface area contributed by atoms with Gasteiger partial charge in [0.15, 0.2) is 18.1 Å². The normalized spacial score (nSPS) is 10.6. The molecule has 2 rings (SSSR count). The number of nitrogens with one attached hydrogen (secondary N) is 1. The van der Waals surface area contributed by atoms with Crippen molar-refractivity contribution in [1.82, 2.24) is 5.43 Å². The van der Waals surface area contributed by atoms with E-state index in [9.17, 15) is 9.59 Å². The Morgan fingerprint density at radius 3 is 2.41 bits per heavy atom. The fraction of sp³-hybridized carbons (Fsp3) is 0.250. The lowest BCUT2D eigenvalue weighted by molar-refractivity contribution is -0.139. The van der Waals surface area contributed by atoms with Gasteiger partial charge in [0, 0.05) is 5.56 Å². The quantitative estimate of drug-likeness (QED) is 0.451. The summed E-state index contributed by atoms with van der Waals surface area (Å²) in [7, 11) is 0. The lowest BCUT2D eigenvalue weighted by Crippen LogP contribution is -2.17. The third kappa shape index (κ3) is 6.69. The van der Waals surface area contributed by atoms with Gasteiger partial charge in [-0.05, 0) is 55.8 Å². The number of aliphatic carboxylic acids is 1. The highest BCUT2D eigenvalue weighted by Crippen LogP contribution is 2.36. The van der Waals surface area contributed by atoms with Gasteiger partial charge >= 0.3 is 5.97 Å². The van der Waals surface area contributed by atoms with Gasteiger partial charge < -0.3 is 19.3 Å². The van der Waals surface area contributed by atoms with Crippen molar-refractivity contribution in [2.75, 3.05) is 19.8 Å². The van der Waals surface area contributed by atoms with E-state index in [1.165, 1.54) is 12.3 Å². The van der Waals surface area contributed by atoms with Crippen molar-refractivity contribution < 1.29 is 28.9 Å². The van der Waals surface area contributed by atoms with Crippen molar-refractivity contribution in [2.45, 2.75) is 13.8 Å². The number of carboxylic acid groups (broad SMARTS) is 1. The van der Waals surface area contributed by atoms with Crippen LogP contribution >= 0.6 is 11.6 Å². The maximum absolute atomic E-state index is 12.2. The number of hydrogen-bond acceptors (Lipinski definition) is 6. The molecule has 2 aromatic carbocycles. The van der Waals surface area contributed by atoms with Crippen molar-refractivity contribution in [1.29, 1.82) is 0 Å². The second kappa shape index (κ2) is 10.9. The van der Waals surface area contributed by atoms with Crippen LogP contribution < -0.4 is 19.6 Å². The molecule has 0 aliphatic carbocycles. The van der Waals surface area contributed by atoms with E-state index in [0.29, 0.717) is 30.1 Å². The Morgan fingerprint density at radius 2 is 1.79 bits per heavy atom. The molecule has 2 aromatic rings. The summed E-state index contributed by atoms with van der Waals surface area (Å²) in [6.45, 7) is 3.97. The first-order chi connectivity index (χ1) is 13.9. The summed E-state index contributed by atoms with van der Waals surface area (Å²) < 4.78 is 16.0. The summed E-state index contributed by atoms with van der Waals surface area (Å²) in [5.41, 5.74) is 3.38. The van der Waals surface area contributed by atoms with E-state index in [0.717, 1.165) is 0 Å². The Hall–Kier alpha value is -3.26. The molecule has 154 valence electrons. The van der Waals surface area contributed by atoms with E-state index in [1.807, 2.05) is 6.92 Å². The van der Waals surface area contributed by atoms with Crippen LogP contribution in [-0.4, -0.2) is 43.0 Å². The van der Waals surface area contributed by atoms with E-state index < -0.39 is 12.6 Å². The SMILES string of the molecule is CCOc1ccc(C(=O)N/N=C\c2cc(Cl)c(OCC(=O)O)c(OCC)c2)cc1. The highest BCUT2D eigenvalue weighted by molar-refractivity contribution is 6.32. The highest BCUT2D eigenvalue weighted by Gasteiger charge is 2.13. The molecule has 0 atom stereocenters. The minimum atomic E-state index is -1.13. The number of nitrogens with zero attached hydrogens (tertiary/aromatic N) is 1. The minimum Gasteiger partial charge on any atom is -0.494 e. The van der Waals surface area contributed by atoms with Gasteiger partial charge in [-0.2, -0.15) is 5.10 Å². The van der Waals surface area contributed by atoms with E-state index in [2.05, 4.69) is 10.5 Å². The van der Waals surface area contributed by atoms with Crippen molar-refractivity contribution in [2.24, 2.45) is 5.10 Å². The van der Waals surface area contributed by atoms with E-state index in [-0.39, 0.29) is 22.4 Å². The average Bonchev–Trinajstić information content (AvgIpc) is 2.68. The fourth-order valence-corrected chi connectivity index (χ4v) is 2.57. The monoisotopic (exact) mass is 420 g/mol. The molecule has 0 fully saturated rings. The molecule has 1 amide bonds. The Balaban J connectivity index is 2.08. The van der Waals surface area contributed by atoms with Crippen molar-refractivity contribution >= 4 is 29.7 Å². The van der Waals surface area contributed by atoms with Gasteiger partial charge in [-0.25, -0.2) is 10.2 Å². The summed E-state index contributed by atoms with van der Waals surface area (Å²) in [4.78, 5) is 22.9. The molecule has 0 heterocycles. The number of carbonyl (C=O) groups is 2. The average molecular weight is 421 g/mol. The van der Waals surface area contributed by atoms with Gasteiger partial charge in [0.05, 0.1) is 24.5 Å². The van der Waals surface area contributed by atoms with Gasteiger partial charge in [-0.15, -0.1) is 0 Å². The summed E-state index contributed by atoms with van der Waals surface area (Å²) in [5.74, 6) is -0.434. The number of benzene rings is 2. The van der Waals surface area contributed by atoms with Crippen LogP contribution in [0.25, 0.3) is 0 Å². The second-order valence-electron chi connectivity index (χ2n) is 5.60. The van der Waals surface area contributed by atoms with E-state index in [4.69, 9.17) is 30.9 Å². The van der Waals surface area contributed by atoms with Gasteiger partial charge in [-0.3, -0.25) is 4.79 Å². The minimum absolute atomic E-state index is 0.131. The molecular weight excluding hydrogens is 400 g/mol. The van der Waals surface area contributed by atoms with Crippen LogP contribution in [0.4, 0.5) is 0 Å². The van der Waals surface area contributed by atoms with Crippen molar-refractivity contribution in [3.05, 3.63) is 52.5 Å². The molecule has 0 aliphatic heterocycles. The first-order valence-corrected chi connectivity index (χ1v) is 9.19. The maximum atomic E-state index is 12.2. The zero-order valence-corrected chi connectivity index (χ0v) is 16.7. The third-order valence-electron chi connectivity index (χ3n) is 3.48. The molecule has 0 aromatic heterocycles. The number of amides is 1. The van der Waals surface area contributed by atoms with Crippen LogP contribution in [0.15, 0.2) is 41.5 Å². The molecule has 0 bridgehead atoms. The number of carbonyl (C=O) groups excluding carboxylic acids is 1. The fourth-order valence-electron chi connectivity index (χ4n) is 2.30. The summed E-state index contributed by atoms with van der Waals surface area (Å²) in [5, 5.41) is 12.8. The molecule has 2 N–H and O–H groups in total. The predicted molar refractivity (Wildman–Crippen MR) is 108 cm³/mol. The number of ether oxygens (including phenoxy) is 3. The summed E-state index contributed by atoms with van der Waals surface area (Å²) >= 11 is 6.17. The third-order valence-corrected chi connectivity index (χ3v) is 3.76. The van der Waals surface area contributed by atoms with Crippen LogP contribution in [0, 0.1) is 0 Å². The molecule has 29 heavy (non-hydrogen) atoms. The van der Waals surface area contributed by atoms with Gasteiger partial charge in [0.25, 0.3) is 5.91 Å². The Bertz CT molecular complexity index is 883. The van der Waals surface area contributed by atoms with Crippen LogP contribution in [0.2, 0.25) is 5.02 Å². The lowest BCUT2D eigenvalue weighted by atomic mass is 10.2. The largest absolute Gasteiger partial charge is 0.494 e. The van der Waals surface area contributed by atoms with Crippen LogP contribution in [-0.2, 0) is 4.79 Å². The van der Waals surface area contributed by atoms with Crippen LogP contribution in [0.3, 0.4) is 0 Å². The lowest BCUT2D eigenvalue weighted by Gasteiger charge is -2.13. The zero-order chi connectivity index (χ0) is 21.2. The Labute approximate surface area is 173 Å². The van der Waals surface area contributed by atoms with Crippen molar-refractivity contribution in [3.63, 3.8) is 0 Å². The van der Waals surface area contributed by atoms with Gasteiger partial charge in [0.2, 0.25) is 0 Å². The molecular formula is C20H21ClN2O6. The molecule has 8 nitrogen and oxygen atoms in total. The van der Waals surface area contributed by atoms with Gasteiger partial charge in [-0.1, -0.05) is 11.6 Å². The van der Waals surface area contributed by atoms with E-state index >= 15 is 0 Å². The van der Waals surface area contributed by atoms with Crippen LogP contribution in [0.5, 0.6) is 17.2 Å². The number of hydrogen-bond donors (Lipinski definition) is 2. The van der Waals surface area contributed by atoms with Crippen LogP contribution in [0.1, 0.15) is 29.8 Å². The molecule has 0 aliphatic rings. The van der Waals surface area contributed by atoms with Gasteiger partial charge in [0.1, 0.15) is 5.75 Å². The first kappa shape index (κ1) is 22.0. The molecule has 0 unspecified atom stereocenters. The molecule has 0 spiro atoms. The van der Waals surface area contributed by atoms with Crippen molar-refractivity contribution in [3.8, 4) is 17.2 Å². The summed E-state index contributed by atoms with van der Waals surface area (Å²) in [6.07, 6.45) is 1.39. The number of hydrazone groups is 1. The molecule has 0 radical (unpaired) electrons. The zero-order valence-electron chi connectivity index (χ0n) is 16.0. The smallest absolute Gasteiger partial charge is 0.341 e. The molecule has 0 saturated heterocycles. The highest BCUT2D eigenvalue weighted by atomic mass is 35.5. The topological polar surface area (TPSA) is 106 Å². The van der Waals surface area contributed by atoms with E-state index in [1.54, 1.807) is 37.3 Å². The first-order valence-electron chi connectivity index (χ1n) is 8.81. The standard InChI is InChI=1S/C20H21ClN2O6/c1-3-27-15-7-5-14(6-8-15)20(26)23-22-11-13-9-16(21)19(29-12-18(24)25)17(10-13)28-4-2/h5-11H,3-4,12H2,1-2H3,(H,23,26)(H,24,25)/b22-11-. The predicted octanol–water partition coefficient (Wildman–Crippen LogP) is 3.36. The Kier molecular flexibility index (Phi) is 8.29. The number of halogens is 1. The second-order valence-corrected chi connectivity index (χ2v) is 6.01. The molecule has 0 saturated carbocycles. The Morgan fingerprint density at radius 1 is 1.10 bits per heavy atom. The number of carboxylic acids is 1. The number of rotatable bonds is 10. The molecule has 9 heteroatoms. The maximum Gasteiger partial charge on any atom is 0.341 e. The summed E-state index contributed by atoms with van der Waals surface area (Å²) in [6, 6.07) is 9.77.